The summed E-state index contributed by atoms with van der Waals surface area (Å²) < 4.78 is 0. The van der Waals surface area contributed by atoms with Gasteiger partial charge in [0.1, 0.15) is 0 Å². The average molecular weight is 293 g/mol. The maximum absolute atomic E-state index is 5.79. The molecule has 3 N–H and O–H groups in total. The number of hydrogen-bond donors (Lipinski definition) is 2. The lowest BCUT2D eigenvalue weighted by Gasteiger charge is -2.34. The maximum Gasteiger partial charge on any atom is 0.0550 e. The van der Waals surface area contributed by atoms with Crippen LogP contribution in [0.25, 0.3) is 6.08 Å². The van der Waals surface area contributed by atoms with Crippen molar-refractivity contribution in [3.63, 3.8) is 0 Å². The molecule has 1 atom stereocenters. The van der Waals surface area contributed by atoms with Crippen molar-refractivity contribution in [2.45, 2.75) is 19.0 Å². The summed E-state index contributed by atoms with van der Waals surface area (Å²) in [5.74, 6) is 5.79. The Kier molecular flexibility index (Phi) is 5.01. The summed E-state index contributed by atoms with van der Waals surface area (Å²) in [6.07, 6.45) is 3.32. The normalized spacial score (nSPS) is 21.1. The molecule has 3 rings (SSSR count). The van der Waals surface area contributed by atoms with Crippen LogP contribution in [0.1, 0.15) is 17.5 Å². The van der Waals surface area contributed by atoms with Crippen LogP contribution in [-0.2, 0) is 6.54 Å². The zero-order valence-electron chi connectivity index (χ0n) is 12.8. The van der Waals surface area contributed by atoms with E-state index in [9.17, 15) is 0 Å². The van der Waals surface area contributed by atoms with E-state index >= 15 is 0 Å². The van der Waals surface area contributed by atoms with Crippen molar-refractivity contribution in [2.75, 3.05) is 13.1 Å². The molecule has 0 bridgehead atoms. The van der Waals surface area contributed by atoms with E-state index in [0.717, 1.165) is 26.1 Å². The number of piperidine rings is 1. The highest BCUT2D eigenvalue weighted by Gasteiger charge is 2.23. The van der Waals surface area contributed by atoms with Gasteiger partial charge in [-0.25, -0.2) is 0 Å². The molecule has 0 aliphatic carbocycles. The highest BCUT2D eigenvalue weighted by atomic mass is 15.3. The lowest BCUT2D eigenvalue weighted by Crippen LogP contribution is -2.49. The summed E-state index contributed by atoms with van der Waals surface area (Å²) >= 11 is 0. The van der Waals surface area contributed by atoms with Crippen molar-refractivity contribution in [3.8, 4) is 0 Å². The van der Waals surface area contributed by atoms with Gasteiger partial charge in [0.2, 0.25) is 0 Å². The summed E-state index contributed by atoms with van der Waals surface area (Å²) in [5, 5.41) is 0. The minimum atomic E-state index is 0.220. The second-order valence-electron chi connectivity index (χ2n) is 5.82. The van der Waals surface area contributed by atoms with Gasteiger partial charge in [0.15, 0.2) is 0 Å². The number of nitrogens with zero attached hydrogens (tertiary/aromatic N) is 1. The molecule has 1 unspecified atom stereocenters. The summed E-state index contributed by atoms with van der Waals surface area (Å²) in [6, 6.07) is 21.3. The number of nitrogens with one attached hydrogen (secondary N) is 1. The molecule has 3 heteroatoms. The van der Waals surface area contributed by atoms with Gasteiger partial charge in [-0.1, -0.05) is 66.7 Å². The number of benzene rings is 2. The molecule has 0 radical (unpaired) electrons. The van der Waals surface area contributed by atoms with Gasteiger partial charge >= 0.3 is 0 Å². The second kappa shape index (κ2) is 7.36. The van der Waals surface area contributed by atoms with Crippen molar-refractivity contribution in [1.29, 1.82) is 0 Å². The van der Waals surface area contributed by atoms with E-state index in [1.165, 1.54) is 16.7 Å². The largest absolute Gasteiger partial charge is 0.297 e. The molecule has 1 aliphatic heterocycles. The van der Waals surface area contributed by atoms with Gasteiger partial charge in [-0.2, -0.15) is 0 Å². The van der Waals surface area contributed by atoms with Crippen LogP contribution >= 0.6 is 0 Å². The van der Waals surface area contributed by atoms with Crippen LogP contribution in [0.15, 0.2) is 66.2 Å². The quantitative estimate of drug-likeness (QED) is 0.673. The maximum atomic E-state index is 5.79. The summed E-state index contributed by atoms with van der Waals surface area (Å²) in [4.78, 5) is 2.46. The third kappa shape index (κ3) is 3.83. The summed E-state index contributed by atoms with van der Waals surface area (Å²) in [7, 11) is 0. The van der Waals surface area contributed by atoms with Crippen molar-refractivity contribution in [2.24, 2.45) is 5.84 Å². The van der Waals surface area contributed by atoms with Gasteiger partial charge in [0.25, 0.3) is 0 Å². The smallest absolute Gasteiger partial charge is 0.0550 e. The van der Waals surface area contributed by atoms with E-state index in [1.54, 1.807) is 0 Å². The molecule has 3 nitrogen and oxygen atoms in total. The fourth-order valence-corrected chi connectivity index (χ4v) is 3.01. The number of nitrogens with two attached hydrogens (primary N) is 1. The monoisotopic (exact) mass is 293 g/mol. The molecule has 1 heterocycles. The Balaban J connectivity index is 1.67. The summed E-state index contributed by atoms with van der Waals surface area (Å²) in [5.41, 5.74) is 6.97. The Morgan fingerprint density at radius 1 is 1.05 bits per heavy atom. The van der Waals surface area contributed by atoms with Crippen LogP contribution in [0.3, 0.4) is 0 Å². The molecule has 0 aromatic heterocycles. The number of likely N-dealkylation sites (tertiary alicyclic amines) is 1. The predicted molar refractivity (Wildman–Crippen MR) is 91.9 cm³/mol. The highest BCUT2D eigenvalue weighted by Crippen LogP contribution is 2.21. The van der Waals surface area contributed by atoms with Crippen molar-refractivity contribution in [1.82, 2.24) is 10.3 Å². The molecule has 1 aliphatic rings. The molecule has 114 valence electrons. The topological polar surface area (TPSA) is 41.3 Å². The second-order valence-corrected chi connectivity index (χ2v) is 5.82. The highest BCUT2D eigenvalue weighted by molar-refractivity contribution is 5.54. The van der Waals surface area contributed by atoms with Gasteiger partial charge in [-0.15, -0.1) is 0 Å². The van der Waals surface area contributed by atoms with Crippen LogP contribution in [0.5, 0.6) is 0 Å². The fourth-order valence-electron chi connectivity index (χ4n) is 3.01. The molecule has 2 aromatic rings. The first-order chi connectivity index (χ1) is 10.8. The first kappa shape index (κ1) is 15.0. The molecule has 0 amide bonds. The SMILES string of the molecule is NNC1CN(Cc2ccccc2)CC/C1=C/c1ccccc1. The predicted octanol–water partition coefficient (Wildman–Crippen LogP) is 2.81. The minimum Gasteiger partial charge on any atom is -0.297 e. The molecule has 1 saturated heterocycles. The number of rotatable bonds is 4. The van der Waals surface area contributed by atoms with Crippen LogP contribution in [0.2, 0.25) is 0 Å². The third-order valence-corrected chi connectivity index (χ3v) is 4.21. The zero-order valence-corrected chi connectivity index (χ0v) is 12.8. The van der Waals surface area contributed by atoms with Crippen molar-refractivity contribution < 1.29 is 0 Å². The third-order valence-electron chi connectivity index (χ3n) is 4.21. The van der Waals surface area contributed by atoms with Gasteiger partial charge in [0, 0.05) is 19.6 Å². The molecule has 22 heavy (non-hydrogen) atoms. The van der Waals surface area contributed by atoms with Crippen molar-refractivity contribution >= 4 is 6.08 Å². The molecule has 0 saturated carbocycles. The lowest BCUT2D eigenvalue weighted by atomic mass is 9.96. The Morgan fingerprint density at radius 2 is 1.73 bits per heavy atom. The Morgan fingerprint density at radius 3 is 2.41 bits per heavy atom. The van der Waals surface area contributed by atoms with Gasteiger partial charge < -0.3 is 0 Å². The van der Waals surface area contributed by atoms with Gasteiger partial charge in [-0.3, -0.25) is 16.2 Å². The van der Waals surface area contributed by atoms with E-state index in [2.05, 4.69) is 71.0 Å². The van der Waals surface area contributed by atoms with Crippen LogP contribution in [0.4, 0.5) is 0 Å². The van der Waals surface area contributed by atoms with E-state index in [4.69, 9.17) is 5.84 Å². The van der Waals surface area contributed by atoms with E-state index in [1.807, 2.05) is 6.07 Å². The van der Waals surface area contributed by atoms with Crippen LogP contribution in [0, 0.1) is 0 Å². The lowest BCUT2D eigenvalue weighted by molar-refractivity contribution is 0.219. The molecular weight excluding hydrogens is 270 g/mol. The number of hydrazine groups is 1. The average Bonchev–Trinajstić information content (AvgIpc) is 2.58. The fraction of sp³-hybridized carbons (Fsp3) is 0.263. The van der Waals surface area contributed by atoms with Gasteiger partial charge in [0.05, 0.1) is 6.04 Å². The van der Waals surface area contributed by atoms with Crippen LogP contribution < -0.4 is 11.3 Å². The molecular formula is C19H23N3. The van der Waals surface area contributed by atoms with E-state index < -0.39 is 0 Å². The molecule has 0 spiro atoms. The Labute approximate surface area is 132 Å². The van der Waals surface area contributed by atoms with Gasteiger partial charge in [-0.05, 0) is 23.1 Å². The molecule has 1 fully saturated rings. The minimum absolute atomic E-state index is 0.220. The van der Waals surface area contributed by atoms with Crippen LogP contribution in [-0.4, -0.2) is 24.0 Å². The van der Waals surface area contributed by atoms with Crippen molar-refractivity contribution in [3.05, 3.63) is 77.4 Å². The summed E-state index contributed by atoms with van der Waals surface area (Å²) in [6.45, 7) is 3.01. The zero-order chi connectivity index (χ0) is 15.2. The van der Waals surface area contributed by atoms with E-state index in [0.29, 0.717) is 0 Å². The standard InChI is InChI=1S/C19H23N3/c20-21-19-15-22(14-17-9-5-2-6-10-17)12-11-18(19)13-16-7-3-1-4-8-16/h1-10,13,19,21H,11-12,14-15,20H2/b18-13-. The first-order valence-electron chi connectivity index (χ1n) is 7.83. The Hall–Kier alpha value is -1.94. The molecule has 2 aromatic carbocycles. The Bertz CT molecular complexity index is 607. The number of hydrogen-bond acceptors (Lipinski definition) is 3. The first-order valence-corrected chi connectivity index (χ1v) is 7.83. The van der Waals surface area contributed by atoms with E-state index in [-0.39, 0.29) is 6.04 Å².